The Kier molecular flexibility index (Phi) is 7.37. The summed E-state index contributed by atoms with van der Waals surface area (Å²) in [4.78, 5) is 6.93. The van der Waals surface area contributed by atoms with Crippen LogP contribution in [0.25, 0.3) is 0 Å². The Morgan fingerprint density at radius 2 is 2.12 bits per heavy atom. The van der Waals surface area contributed by atoms with Gasteiger partial charge in [0.2, 0.25) is 0 Å². The van der Waals surface area contributed by atoms with Crippen LogP contribution in [0.5, 0.6) is 5.75 Å². The molecule has 134 valence electrons. The fraction of sp³-hybridized carbons (Fsp3) is 0.632. The van der Waals surface area contributed by atoms with Crippen LogP contribution in [0.1, 0.15) is 39.2 Å². The summed E-state index contributed by atoms with van der Waals surface area (Å²) in [5, 5.41) is 3.26. The second kappa shape index (κ2) is 9.52. The smallest absolute Gasteiger partial charge is 0.188 e. The number of nitrogens with zero attached hydrogens (tertiary/aromatic N) is 2. The van der Waals surface area contributed by atoms with Crippen molar-refractivity contribution in [3.63, 3.8) is 0 Å². The van der Waals surface area contributed by atoms with E-state index in [2.05, 4.69) is 36.0 Å². The third-order valence-electron chi connectivity index (χ3n) is 4.36. The minimum absolute atomic E-state index is 0.526. The van der Waals surface area contributed by atoms with E-state index in [1.807, 2.05) is 24.3 Å². The van der Waals surface area contributed by atoms with E-state index in [0.717, 1.165) is 31.0 Å². The Balaban J connectivity index is 1.75. The van der Waals surface area contributed by atoms with E-state index in [1.54, 1.807) is 0 Å². The maximum Gasteiger partial charge on any atom is 0.188 e. The summed E-state index contributed by atoms with van der Waals surface area (Å²) < 4.78 is 5.69. The monoisotopic (exact) mass is 332 g/mol. The molecule has 1 saturated heterocycles. The van der Waals surface area contributed by atoms with Gasteiger partial charge in [-0.15, -0.1) is 0 Å². The molecule has 1 aromatic carbocycles. The van der Waals surface area contributed by atoms with Crippen molar-refractivity contribution < 1.29 is 4.74 Å². The van der Waals surface area contributed by atoms with Crippen LogP contribution in [0.2, 0.25) is 0 Å². The highest BCUT2D eigenvalue weighted by Gasteiger charge is 2.22. The van der Waals surface area contributed by atoms with Gasteiger partial charge in [0.25, 0.3) is 0 Å². The van der Waals surface area contributed by atoms with Crippen molar-refractivity contribution in [3.05, 3.63) is 29.8 Å². The van der Waals surface area contributed by atoms with Crippen molar-refractivity contribution in [3.8, 4) is 5.75 Å². The van der Waals surface area contributed by atoms with Crippen LogP contribution in [0.15, 0.2) is 29.3 Å². The second-order valence-electron chi connectivity index (χ2n) is 6.86. The number of benzene rings is 1. The predicted octanol–water partition coefficient (Wildman–Crippen LogP) is 2.61. The molecule has 2 rings (SSSR count). The molecule has 0 aromatic heterocycles. The lowest BCUT2D eigenvalue weighted by atomic mass is 10.2. The maximum atomic E-state index is 5.99. The first-order valence-corrected chi connectivity index (χ1v) is 9.08. The van der Waals surface area contributed by atoms with Crippen LogP contribution in [-0.4, -0.2) is 43.1 Å². The number of likely N-dealkylation sites (tertiary alicyclic amines) is 1. The first-order chi connectivity index (χ1) is 11.6. The van der Waals surface area contributed by atoms with Gasteiger partial charge < -0.3 is 15.8 Å². The molecule has 0 spiro atoms. The molecular formula is C19H32N4O. The number of hydrogen-bond donors (Lipinski definition) is 2. The van der Waals surface area contributed by atoms with E-state index in [-0.39, 0.29) is 0 Å². The lowest BCUT2D eigenvalue weighted by Crippen LogP contribution is -2.42. The Morgan fingerprint density at radius 3 is 2.79 bits per heavy atom. The highest BCUT2D eigenvalue weighted by atomic mass is 16.5. The second-order valence-corrected chi connectivity index (χ2v) is 6.86. The third-order valence-corrected chi connectivity index (χ3v) is 4.36. The fourth-order valence-electron chi connectivity index (χ4n) is 2.95. The van der Waals surface area contributed by atoms with Crippen LogP contribution < -0.4 is 15.8 Å². The number of aliphatic imine (C=N–C) groups is 1. The molecule has 1 aliphatic heterocycles. The number of guanidine groups is 1. The Bertz CT molecular complexity index is 513. The molecule has 5 heteroatoms. The zero-order valence-electron chi connectivity index (χ0n) is 15.3. The van der Waals surface area contributed by atoms with Crippen molar-refractivity contribution >= 4 is 5.96 Å². The molecule has 1 aliphatic rings. The molecule has 0 radical (unpaired) electrons. The van der Waals surface area contributed by atoms with Gasteiger partial charge >= 0.3 is 0 Å². The summed E-state index contributed by atoms with van der Waals surface area (Å²) in [7, 11) is 0. The summed E-state index contributed by atoms with van der Waals surface area (Å²) in [6.07, 6.45) is 2.52. The normalized spacial score (nSPS) is 19.0. The topological polar surface area (TPSA) is 62.9 Å². The average Bonchev–Trinajstić information content (AvgIpc) is 3.04. The van der Waals surface area contributed by atoms with Crippen molar-refractivity contribution in [1.82, 2.24) is 10.2 Å². The van der Waals surface area contributed by atoms with Gasteiger partial charge in [-0.05, 0) is 49.5 Å². The highest BCUT2D eigenvalue weighted by Crippen LogP contribution is 2.16. The van der Waals surface area contributed by atoms with Gasteiger partial charge in [-0.25, -0.2) is 4.99 Å². The molecule has 0 saturated carbocycles. The van der Waals surface area contributed by atoms with E-state index >= 15 is 0 Å². The third kappa shape index (κ3) is 6.04. The zero-order chi connectivity index (χ0) is 17.4. The van der Waals surface area contributed by atoms with Gasteiger partial charge in [-0.1, -0.05) is 32.9 Å². The first-order valence-electron chi connectivity index (χ1n) is 9.08. The molecule has 1 fully saturated rings. The molecular weight excluding hydrogens is 300 g/mol. The lowest BCUT2D eigenvalue weighted by molar-refractivity contribution is 0.267. The van der Waals surface area contributed by atoms with Gasteiger partial charge in [0, 0.05) is 12.6 Å². The van der Waals surface area contributed by atoms with Crippen LogP contribution in [0.3, 0.4) is 0 Å². The minimum Gasteiger partial charge on any atom is -0.493 e. The molecule has 5 nitrogen and oxygen atoms in total. The van der Waals surface area contributed by atoms with Crippen molar-refractivity contribution in [2.75, 3.05) is 26.2 Å². The summed E-state index contributed by atoms with van der Waals surface area (Å²) in [5.41, 5.74) is 7.13. The SMILES string of the molecule is CCN1CCCC1CNC(N)=NCc1ccc(OCC(C)C)cc1. The Hall–Kier alpha value is -1.75. The van der Waals surface area contributed by atoms with Crippen molar-refractivity contribution in [2.24, 2.45) is 16.6 Å². The van der Waals surface area contributed by atoms with Crippen LogP contribution in [0.4, 0.5) is 0 Å². The van der Waals surface area contributed by atoms with E-state index in [4.69, 9.17) is 10.5 Å². The quantitative estimate of drug-likeness (QED) is 0.567. The molecule has 1 atom stereocenters. The number of likely N-dealkylation sites (N-methyl/N-ethyl adjacent to an activating group) is 1. The zero-order valence-corrected chi connectivity index (χ0v) is 15.3. The van der Waals surface area contributed by atoms with E-state index in [9.17, 15) is 0 Å². The van der Waals surface area contributed by atoms with Crippen molar-refractivity contribution in [2.45, 2.75) is 46.2 Å². The molecule has 1 unspecified atom stereocenters. The van der Waals surface area contributed by atoms with Gasteiger partial charge in [0.15, 0.2) is 5.96 Å². The number of rotatable bonds is 8. The van der Waals surface area contributed by atoms with Crippen LogP contribution in [-0.2, 0) is 6.54 Å². The van der Waals surface area contributed by atoms with Crippen LogP contribution in [0, 0.1) is 5.92 Å². The Morgan fingerprint density at radius 1 is 1.38 bits per heavy atom. The Labute approximate surface area is 146 Å². The summed E-state index contributed by atoms with van der Waals surface area (Å²) in [6.45, 7) is 11.0. The summed E-state index contributed by atoms with van der Waals surface area (Å²) >= 11 is 0. The number of hydrogen-bond acceptors (Lipinski definition) is 3. The molecule has 0 aliphatic carbocycles. The largest absolute Gasteiger partial charge is 0.493 e. The minimum atomic E-state index is 0.526. The van der Waals surface area contributed by atoms with Crippen LogP contribution >= 0.6 is 0 Å². The van der Waals surface area contributed by atoms with E-state index in [0.29, 0.717) is 24.5 Å². The van der Waals surface area contributed by atoms with Gasteiger partial charge in [-0.3, -0.25) is 4.90 Å². The first kappa shape index (κ1) is 18.6. The average molecular weight is 332 g/mol. The number of nitrogens with two attached hydrogens (primary N) is 1. The summed E-state index contributed by atoms with van der Waals surface area (Å²) in [5.74, 6) is 1.96. The molecule has 24 heavy (non-hydrogen) atoms. The summed E-state index contributed by atoms with van der Waals surface area (Å²) in [6, 6.07) is 8.66. The van der Waals surface area contributed by atoms with Gasteiger partial charge in [-0.2, -0.15) is 0 Å². The maximum absolute atomic E-state index is 5.99. The number of ether oxygens (including phenoxy) is 1. The molecule has 1 aromatic rings. The number of nitrogens with one attached hydrogen (secondary N) is 1. The van der Waals surface area contributed by atoms with E-state index in [1.165, 1.54) is 19.4 Å². The molecule has 1 heterocycles. The van der Waals surface area contributed by atoms with Gasteiger partial charge in [0.05, 0.1) is 13.2 Å². The van der Waals surface area contributed by atoms with E-state index < -0.39 is 0 Å². The van der Waals surface area contributed by atoms with Gasteiger partial charge in [0.1, 0.15) is 5.75 Å². The highest BCUT2D eigenvalue weighted by molar-refractivity contribution is 5.77. The fourth-order valence-corrected chi connectivity index (χ4v) is 2.95. The molecule has 0 bridgehead atoms. The predicted molar refractivity (Wildman–Crippen MR) is 100 cm³/mol. The lowest BCUT2D eigenvalue weighted by Gasteiger charge is -2.23. The molecule has 3 N–H and O–H groups in total. The molecule has 0 amide bonds. The standard InChI is InChI=1S/C19H32N4O/c1-4-23-11-5-6-17(23)13-22-19(20)21-12-16-7-9-18(10-8-16)24-14-15(2)3/h7-10,15,17H,4-6,11-14H2,1-3H3,(H3,20,21,22). The van der Waals surface area contributed by atoms with Crippen molar-refractivity contribution in [1.29, 1.82) is 0 Å².